The van der Waals surface area contributed by atoms with E-state index in [9.17, 15) is 4.79 Å². The van der Waals surface area contributed by atoms with Crippen LogP contribution in [-0.2, 0) is 16.1 Å². The van der Waals surface area contributed by atoms with Gasteiger partial charge in [0, 0.05) is 6.08 Å². The highest BCUT2D eigenvalue weighted by atomic mass is 16.5. The fourth-order valence-electron chi connectivity index (χ4n) is 2.45. The van der Waals surface area contributed by atoms with Gasteiger partial charge in [0.05, 0.1) is 12.0 Å². The standard InChI is InChI=1S/C16H17NO2/c1-16(2)13(9-6-10-17)14(16)15(18)19-11-12-7-4-3-5-8-12/h3-9,13-14H,11H2,1-2H3/t13-,14+/m1/s1. The summed E-state index contributed by atoms with van der Waals surface area (Å²) in [6, 6.07) is 11.6. The van der Waals surface area contributed by atoms with E-state index in [1.807, 2.05) is 50.2 Å². The lowest BCUT2D eigenvalue weighted by molar-refractivity contribution is -0.147. The van der Waals surface area contributed by atoms with Gasteiger partial charge in [0.2, 0.25) is 0 Å². The van der Waals surface area contributed by atoms with Crippen LogP contribution in [0.2, 0.25) is 0 Å². The highest BCUT2D eigenvalue weighted by Gasteiger charge is 2.61. The Labute approximate surface area is 113 Å². The first-order valence-corrected chi connectivity index (χ1v) is 6.34. The minimum atomic E-state index is -0.179. The number of esters is 1. The van der Waals surface area contributed by atoms with Gasteiger partial charge >= 0.3 is 5.97 Å². The zero-order valence-electron chi connectivity index (χ0n) is 11.2. The van der Waals surface area contributed by atoms with Crippen LogP contribution in [0.1, 0.15) is 19.4 Å². The maximum atomic E-state index is 12.0. The highest BCUT2D eigenvalue weighted by molar-refractivity contribution is 5.78. The Balaban J connectivity index is 1.91. The van der Waals surface area contributed by atoms with Crippen LogP contribution in [0.3, 0.4) is 0 Å². The first-order valence-electron chi connectivity index (χ1n) is 6.34. The van der Waals surface area contributed by atoms with Gasteiger partial charge < -0.3 is 4.74 Å². The quantitative estimate of drug-likeness (QED) is 0.613. The Bertz CT molecular complexity index is 525. The number of allylic oxidation sites excluding steroid dienone is 2. The molecule has 0 aliphatic heterocycles. The third-order valence-electron chi connectivity index (χ3n) is 3.77. The second-order valence-corrected chi connectivity index (χ2v) is 5.41. The van der Waals surface area contributed by atoms with Crippen LogP contribution >= 0.6 is 0 Å². The van der Waals surface area contributed by atoms with Crippen LogP contribution in [0, 0.1) is 28.6 Å². The van der Waals surface area contributed by atoms with Gasteiger partial charge in [0.15, 0.2) is 0 Å². The summed E-state index contributed by atoms with van der Waals surface area (Å²) < 4.78 is 5.34. The number of nitriles is 1. The summed E-state index contributed by atoms with van der Waals surface area (Å²) in [6.45, 7) is 4.35. The normalized spacial score (nSPS) is 23.8. The Hall–Kier alpha value is -2.08. The van der Waals surface area contributed by atoms with E-state index in [0.717, 1.165) is 5.56 Å². The van der Waals surface area contributed by atoms with E-state index >= 15 is 0 Å². The minimum Gasteiger partial charge on any atom is -0.461 e. The van der Waals surface area contributed by atoms with Crippen LogP contribution in [0.5, 0.6) is 0 Å². The maximum absolute atomic E-state index is 12.0. The fourth-order valence-corrected chi connectivity index (χ4v) is 2.45. The van der Waals surface area contributed by atoms with Gasteiger partial charge in [0.1, 0.15) is 6.61 Å². The summed E-state index contributed by atoms with van der Waals surface area (Å²) in [5, 5.41) is 8.54. The van der Waals surface area contributed by atoms with Gasteiger partial charge in [-0.15, -0.1) is 0 Å². The van der Waals surface area contributed by atoms with Crippen LogP contribution in [0.4, 0.5) is 0 Å². The summed E-state index contributed by atoms with van der Waals surface area (Å²) in [6.07, 6.45) is 3.24. The second kappa shape index (κ2) is 5.27. The SMILES string of the molecule is CC1(C)[C@H](C=CC#N)[C@H]1C(=O)OCc1ccccc1. The van der Waals surface area contributed by atoms with Gasteiger partial charge in [-0.3, -0.25) is 4.79 Å². The number of hydrogen-bond donors (Lipinski definition) is 0. The van der Waals surface area contributed by atoms with Gasteiger partial charge in [-0.1, -0.05) is 50.3 Å². The van der Waals surface area contributed by atoms with Gasteiger partial charge in [-0.2, -0.15) is 5.26 Å². The Morgan fingerprint density at radius 1 is 1.42 bits per heavy atom. The molecule has 2 rings (SSSR count). The van der Waals surface area contributed by atoms with Crippen molar-refractivity contribution in [1.29, 1.82) is 5.26 Å². The predicted molar refractivity (Wildman–Crippen MR) is 71.8 cm³/mol. The van der Waals surface area contributed by atoms with E-state index in [4.69, 9.17) is 10.00 Å². The number of carbonyl (C=O) groups excluding carboxylic acids is 1. The summed E-state index contributed by atoms with van der Waals surface area (Å²) >= 11 is 0. The van der Waals surface area contributed by atoms with Gasteiger partial charge in [-0.25, -0.2) is 0 Å². The lowest BCUT2D eigenvalue weighted by Crippen LogP contribution is -2.10. The molecule has 0 spiro atoms. The third kappa shape index (κ3) is 2.85. The van der Waals surface area contributed by atoms with Crippen molar-refractivity contribution in [2.24, 2.45) is 17.3 Å². The smallest absolute Gasteiger partial charge is 0.310 e. The number of benzene rings is 1. The highest BCUT2D eigenvalue weighted by Crippen LogP contribution is 2.59. The molecule has 0 unspecified atom stereocenters. The van der Waals surface area contributed by atoms with Gasteiger partial charge in [-0.05, 0) is 16.9 Å². The topological polar surface area (TPSA) is 50.1 Å². The van der Waals surface area contributed by atoms with Crippen molar-refractivity contribution in [1.82, 2.24) is 0 Å². The molecule has 3 nitrogen and oxygen atoms in total. The van der Waals surface area contributed by atoms with Crippen molar-refractivity contribution in [3.63, 3.8) is 0 Å². The molecule has 1 aromatic carbocycles. The lowest BCUT2D eigenvalue weighted by atomic mass is 10.1. The van der Waals surface area contributed by atoms with Crippen LogP contribution in [-0.4, -0.2) is 5.97 Å². The molecule has 1 saturated carbocycles. The number of rotatable bonds is 4. The molecule has 1 aliphatic carbocycles. The summed E-state index contributed by atoms with van der Waals surface area (Å²) in [5.41, 5.74) is 0.875. The zero-order valence-corrected chi connectivity index (χ0v) is 11.2. The molecule has 1 aliphatic rings. The van der Waals surface area contributed by atoms with E-state index in [1.54, 1.807) is 6.08 Å². The average Bonchev–Trinajstić information content (AvgIpc) is 2.96. The molecule has 19 heavy (non-hydrogen) atoms. The molecule has 0 bridgehead atoms. The molecule has 1 fully saturated rings. The maximum Gasteiger partial charge on any atom is 0.310 e. The summed E-state index contributed by atoms with van der Waals surface area (Å²) in [4.78, 5) is 12.0. The van der Waals surface area contributed by atoms with E-state index in [0.29, 0.717) is 6.61 Å². The minimum absolute atomic E-state index is 0.107. The van der Waals surface area contributed by atoms with Crippen molar-refractivity contribution in [3.05, 3.63) is 48.0 Å². The van der Waals surface area contributed by atoms with Crippen molar-refractivity contribution in [3.8, 4) is 6.07 Å². The first-order chi connectivity index (χ1) is 9.07. The summed E-state index contributed by atoms with van der Waals surface area (Å²) in [7, 11) is 0. The Kier molecular flexibility index (Phi) is 3.71. The molecule has 98 valence electrons. The van der Waals surface area contributed by atoms with Crippen molar-refractivity contribution in [2.75, 3.05) is 0 Å². The molecule has 0 N–H and O–H groups in total. The first kappa shape index (κ1) is 13.4. The Morgan fingerprint density at radius 2 is 2.11 bits per heavy atom. The predicted octanol–water partition coefficient (Wildman–Crippen LogP) is 3.08. The molecule has 0 aromatic heterocycles. The van der Waals surface area contributed by atoms with Crippen molar-refractivity contribution >= 4 is 5.97 Å². The molecule has 3 heteroatoms. The van der Waals surface area contributed by atoms with Crippen LogP contribution in [0.25, 0.3) is 0 Å². The van der Waals surface area contributed by atoms with E-state index in [2.05, 4.69) is 0 Å². The van der Waals surface area contributed by atoms with Crippen LogP contribution in [0.15, 0.2) is 42.5 Å². The molecule has 1 aromatic rings. The largest absolute Gasteiger partial charge is 0.461 e. The van der Waals surface area contributed by atoms with E-state index in [-0.39, 0.29) is 23.2 Å². The van der Waals surface area contributed by atoms with Crippen LogP contribution < -0.4 is 0 Å². The fraction of sp³-hybridized carbons (Fsp3) is 0.375. The number of nitrogens with zero attached hydrogens (tertiary/aromatic N) is 1. The zero-order chi connectivity index (χ0) is 13.9. The number of carbonyl (C=O) groups is 1. The Morgan fingerprint density at radius 3 is 2.74 bits per heavy atom. The third-order valence-corrected chi connectivity index (χ3v) is 3.77. The van der Waals surface area contributed by atoms with Crippen molar-refractivity contribution < 1.29 is 9.53 Å². The molecule has 0 saturated heterocycles. The second-order valence-electron chi connectivity index (χ2n) is 5.41. The average molecular weight is 255 g/mol. The summed E-state index contributed by atoms with van der Waals surface area (Å²) in [5.74, 6) is -0.210. The molecular formula is C16H17NO2. The molecule has 2 atom stereocenters. The van der Waals surface area contributed by atoms with Crippen molar-refractivity contribution in [2.45, 2.75) is 20.5 Å². The van der Waals surface area contributed by atoms with E-state index < -0.39 is 0 Å². The number of ether oxygens (including phenoxy) is 1. The monoisotopic (exact) mass is 255 g/mol. The van der Waals surface area contributed by atoms with E-state index in [1.165, 1.54) is 6.08 Å². The van der Waals surface area contributed by atoms with Gasteiger partial charge in [0.25, 0.3) is 0 Å². The molecule has 0 radical (unpaired) electrons. The lowest BCUT2D eigenvalue weighted by Gasteiger charge is -2.05. The molecular weight excluding hydrogens is 238 g/mol. The molecule has 0 heterocycles. The number of hydrogen-bond acceptors (Lipinski definition) is 3. The molecule has 0 amide bonds.